The molecule has 9 heteroatoms. The number of hydrogen-bond acceptors (Lipinski definition) is 6. The Hall–Kier alpha value is -3.62. The topological polar surface area (TPSA) is 122 Å². The maximum absolute atomic E-state index is 12.5. The summed E-state index contributed by atoms with van der Waals surface area (Å²) in [6, 6.07) is 10.6. The van der Waals surface area contributed by atoms with Crippen LogP contribution in [0.2, 0.25) is 0 Å². The Labute approximate surface area is 160 Å². The fraction of sp³-hybridized carbons (Fsp3) is 0.263. The molecule has 0 aromatic heterocycles. The molecule has 1 fully saturated rings. The molecular formula is C19H19N3O6. The van der Waals surface area contributed by atoms with Gasteiger partial charge in [-0.25, -0.2) is 4.79 Å². The molecular weight excluding hydrogens is 366 g/mol. The number of anilines is 2. The SMILES string of the molecule is O=C(O)COc1ccc(NC(=O)c2ccc(N3CCCC3)c([N+](=O)[O-])c2)cc1. The molecule has 0 aliphatic carbocycles. The molecule has 2 aromatic carbocycles. The third kappa shape index (κ3) is 4.56. The van der Waals surface area contributed by atoms with Gasteiger partial charge in [-0.05, 0) is 49.2 Å². The number of ether oxygens (including phenoxy) is 1. The summed E-state index contributed by atoms with van der Waals surface area (Å²) in [5, 5.41) is 22.7. The zero-order chi connectivity index (χ0) is 20.1. The van der Waals surface area contributed by atoms with Crippen LogP contribution >= 0.6 is 0 Å². The number of carboxylic acids is 1. The average Bonchev–Trinajstić information content (AvgIpc) is 3.21. The van der Waals surface area contributed by atoms with Crippen LogP contribution in [0, 0.1) is 10.1 Å². The summed E-state index contributed by atoms with van der Waals surface area (Å²) in [5.41, 5.74) is 1.07. The normalized spacial score (nSPS) is 13.2. The van der Waals surface area contributed by atoms with E-state index in [1.165, 1.54) is 18.2 Å². The van der Waals surface area contributed by atoms with E-state index in [4.69, 9.17) is 9.84 Å². The van der Waals surface area contributed by atoms with E-state index in [0.29, 0.717) is 17.1 Å². The van der Waals surface area contributed by atoms with Crippen molar-refractivity contribution >= 4 is 28.9 Å². The Bertz CT molecular complexity index is 891. The van der Waals surface area contributed by atoms with Crippen LogP contribution in [0.3, 0.4) is 0 Å². The molecule has 0 spiro atoms. The largest absolute Gasteiger partial charge is 0.482 e. The van der Waals surface area contributed by atoms with Gasteiger partial charge in [-0.1, -0.05) is 0 Å². The number of nitro groups is 1. The first kappa shape index (κ1) is 19.2. The van der Waals surface area contributed by atoms with E-state index in [-0.39, 0.29) is 11.3 Å². The molecule has 9 nitrogen and oxygen atoms in total. The number of carboxylic acid groups (broad SMARTS) is 1. The minimum atomic E-state index is -1.09. The van der Waals surface area contributed by atoms with E-state index >= 15 is 0 Å². The van der Waals surface area contributed by atoms with E-state index in [9.17, 15) is 19.7 Å². The fourth-order valence-corrected chi connectivity index (χ4v) is 3.02. The molecule has 2 aromatic rings. The lowest BCUT2D eigenvalue weighted by Crippen LogP contribution is -2.19. The molecule has 3 rings (SSSR count). The van der Waals surface area contributed by atoms with Gasteiger partial charge < -0.3 is 20.1 Å². The highest BCUT2D eigenvalue weighted by molar-refractivity contribution is 6.05. The third-order valence-corrected chi connectivity index (χ3v) is 4.36. The number of nitrogens with zero attached hydrogens (tertiary/aromatic N) is 2. The first-order valence-corrected chi connectivity index (χ1v) is 8.73. The van der Waals surface area contributed by atoms with Crippen molar-refractivity contribution < 1.29 is 24.4 Å². The molecule has 0 radical (unpaired) electrons. The zero-order valence-electron chi connectivity index (χ0n) is 15.0. The van der Waals surface area contributed by atoms with Crippen molar-refractivity contribution in [1.29, 1.82) is 0 Å². The summed E-state index contributed by atoms with van der Waals surface area (Å²) in [5.74, 6) is -1.21. The molecule has 0 unspecified atom stereocenters. The van der Waals surface area contributed by atoms with E-state index in [1.807, 2.05) is 4.90 Å². The number of nitro benzene ring substituents is 1. The van der Waals surface area contributed by atoms with Crippen molar-refractivity contribution in [3.05, 3.63) is 58.1 Å². The predicted molar refractivity (Wildman–Crippen MR) is 102 cm³/mol. The summed E-state index contributed by atoms with van der Waals surface area (Å²) in [6.07, 6.45) is 1.98. The van der Waals surface area contributed by atoms with Crippen LogP contribution in [0.25, 0.3) is 0 Å². The van der Waals surface area contributed by atoms with Crippen LogP contribution in [0.5, 0.6) is 5.75 Å². The first-order chi connectivity index (χ1) is 13.4. The highest BCUT2D eigenvalue weighted by atomic mass is 16.6. The van der Waals surface area contributed by atoms with Crippen LogP contribution < -0.4 is 15.0 Å². The predicted octanol–water partition coefficient (Wildman–Crippen LogP) is 2.91. The van der Waals surface area contributed by atoms with Gasteiger partial charge in [-0.2, -0.15) is 0 Å². The second-order valence-corrected chi connectivity index (χ2v) is 6.32. The van der Waals surface area contributed by atoms with Crippen molar-refractivity contribution in [3.63, 3.8) is 0 Å². The molecule has 28 heavy (non-hydrogen) atoms. The molecule has 1 heterocycles. The Morgan fingerprint density at radius 1 is 1.14 bits per heavy atom. The van der Waals surface area contributed by atoms with Crippen molar-refractivity contribution in [2.45, 2.75) is 12.8 Å². The molecule has 1 aliphatic rings. The molecule has 1 aliphatic heterocycles. The van der Waals surface area contributed by atoms with Gasteiger partial charge in [-0.15, -0.1) is 0 Å². The highest BCUT2D eigenvalue weighted by Crippen LogP contribution is 2.32. The number of aliphatic carboxylic acids is 1. The van der Waals surface area contributed by atoms with E-state index in [0.717, 1.165) is 25.9 Å². The molecule has 1 saturated heterocycles. The Morgan fingerprint density at radius 2 is 1.82 bits per heavy atom. The molecule has 1 amide bonds. The standard InChI is InChI=1S/C19H19N3O6/c23-18(24)12-28-15-6-4-14(5-7-15)20-19(25)13-3-8-16(17(11-13)22(26)27)21-9-1-2-10-21/h3-8,11H,1-2,9-10,12H2,(H,20,25)(H,23,24). The van der Waals surface area contributed by atoms with E-state index in [1.54, 1.807) is 24.3 Å². The summed E-state index contributed by atoms with van der Waals surface area (Å²) in [7, 11) is 0. The number of carbonyl (C=O) groups excluding carboxylic acids is 1. The summed E-state index contributed by atoms with van der Waals surface area (Å²) in [4.78, 5) is 35.9. The van der Waals surface area contributed by atoms with Crippen molar-refractivity contribution in [3.8, 4) is 5.75 Å². The van der Waals surface area contributed by atoms with Gasteiger partial charge in [0.15, 0.2) is 6.61 Å². The third-order valence-electron chi connectivity index (χ3n) is 4.36. The van der Waals surface area contributed by atoms with Crippen LogP contribution in [0.4, 0.5) is 17.1 Å². The number of hydrogen-bond donors (Lipinski definition) is 2. The Kier molecular flexibility index (Phi) is 5.73. The molecule has 0 atom stereocenters. The van der Waals surface area contributed by atoms with E-state index < -0.39 is 23.4 Å². The maximum atomic E-state index is 12.5. The lowest BCUT2D eigenvalue weighted by molar-refractivity contribution is -0.384. The monoisotopic (exact) mass is 385 g/mol. The molecule has 0 bridgehead atoms. The van der Waals surface area contributed by atoms with E-state index in [2.05, 4.69) is 5.32 Å². The number of rotatable bonds is 7. The minimum Gasteiger partial charge on any atom is -0.482 e. The highest BCUT2D eigenvalue weighted by Gasteiger charge is 2.23. The smallest absolute Gasteiger partial charge is 0.341 e. The first-order valence-electron chi connectivity index (χ1n) is 8.73. The van der Waals surface area contributed by atoms with Gasteiger partial charge in [-0.3, -0.25) is 14.9 Å². The van der Waals surface area contributed by atoms with Gasteiger partial charge in [0.1, 0.15) is 11.4 Å². The quantitative estimate of drug-likeness (QED) is 0.555. The molecule has 146 valence electrons. The lowest BCUT2D eigenvalue weighted by atomic mass is 10.1. The number of nitrogens with one attached hydrogen (secondary N) is 1. The van der Waals surface area contributed by atoms with Crippen LogP contribution in [0.15, 0.2) is 42.5 Å². The Morgan fingerprint density at radius 3 is 2.43 bits per heavy atom. The van der Waals surface area contributed by atoms with Crippen LogP contribution in [-0.4, -0.2) is 41.6 Å². The van der Waals surface area contributed by atoms with Gasteiger partial charge in [0, 0.05) is 30.4 Å². The summed E-state index contributed by atoms with van der Waals surface area (Å²) in [6.45, 7) is 1.07. The second-order valence-electron chi connectivity index (χ2n) is 6.32. The zero-order valence-corrected chi connectivity index (χ0v) is 15.0. The van der Waals surface area contributed by atoms with Gasteiger partial charge in [0.05, 0.1) is 4.92 Å². The van der Waals surface area contributed by atoms with Gasteiger partial charge in [0.25, 0.3) is 11.6 Å². The van der Waals surface area contributed by atoms with Crippen LogP contribution in [0.1, 0.15) is 23.2 Å². The number of carbonyl (C=O) groups is 2. The number of amides is 1. The lowest BCUT2D eigenvalue weighted by Gasteiger charge is -2.17. The minimum absolute atomic E-state index is 0.0908. The Balaban J connectivity index is 1.72. The van der Waals surface area contributed by atoms with Gasteiger partial charge in [0.2, 0.25) is 0 Å². The van der Waals surface area contributed by atoms with Gasteiger partial charge >= 0.3 is 5.97 Å². The maximum Gasteiger partial charge on any atom is 0.341 e. The van der Waals surface area contributed by atoms with Crippen LogP contribution in [-0.2, 0) is 4.79 Å². The molecule has 0 saturated carbocycles. The van der Waals surface area contributed by atoms with Crippen molar-refractivity contribution in [1.82, 2.24) is 0 Å². The molecule has 2 N–H and O–H groups in total. The van der Waals surface area contributed by atoms with Crippen molar-refractivity contribution in [2.24, 2.45) is 0 Å². The van der Waals surface area contributed by atoms with Crippen molar-refractivity contribution in [2.75, 3.05) is 29.9 Å². The summed E-state index contributed by atoms with van der Waals surface area (Å²) >= 11 is 0. The average molecular weight is 385 g/mol. The second kappa shape index (κ2) is 8.38. The summed E-state index contributed by atoms with van der Waals surface area (Å²) < 4.78 is 5.02. The number of benzene rings is 2. The fourth-order valence-electron chi connectivity index (χ4n) is 3.02.